The van der Waals surface area contributed by atoms with Gasteiger partial charge in [0.1, 0.15) is 0 Å². The Morgan fingerprint density at radius 2 is 2.33 bits per heavy atom. The van der Waals surface area contributed by atoms with Crippen LogP contribution in [0.4, 0.5) is 0 Å². The molecule has 0 amide bonds. The van der Waals surface area contributed by atoms with Crippen LogP contribution in [0.2, 0.25) is 0 Å². The second-order valence-corrected chi connectivity index (χ2v) is 6.91. The van der Waals surface area contributed by atoms with Gasteiger partial charge in [-0.05, 0) is 49.0 Å². The molecule has 4 saturated carbocycles. The molecular weight excluding hydrogens is 220 g/mol. The van der Waals surface area contributed by atoms with Gasteiger partial charge in [-0.3, -0.25) is 0 Å². The fourth-order valence-corrected chi connectivity index (χ4v) is 6.43. The third-order valence-corrected chi connectivity index (χ3v) is 6.95. The molecule has 92 valence electrons. The SMILES string of the molecule is C=C=CC12CC3C4C5=C(CN)CC5CC4C31C2=N. The van der Waals surface area contributed by atoms with Crippen molar-refractivity contribution >= 4 is 5.71 Å². The summed E-state index contributed by atoms with van der Waals surface area (Å²) in [4.78, 5) is 0. The van der Waals surface area contributed by atoms with Crippen LogP contribution in [0.3, 0.4) is 0 Å². The van der Waals surface area contributed by atoms with Gasteiger partial charge in [-0.25, -0.2) is 0 Å². The first-order valence-electron chi connectivity index (χ1n) is 7.10. The van der Waals surface area contributed by atoms with Gasteiger partial charge in [-0.15, -0.1) is 5.73 Å². The molecule has 1 spiro atoms. The lowest BCUT2D eigenvalue weighted by atomic mass is 9.42. The Hall–Kier alpha value is -1.11. The maximum absolute atomic E-state index is 8.37. The third kappa shape index (κ3) is 0.605. The van der Waals surface area contributed by atoms with Crippen LogP contribution in [-0.2, 0) is 0 Å². The molecular formula is C16H18N2. The molecule has 3 N–H and O–H groups in total. The molecule has 2 heteroatoms. The van der Waals surface area contributed by atoms with Crippen molar-refractivity contribution in [1.82, 2.24) is 0 Å². The van der Waals surface area contributed by atoms with Crippen molar-refractivity contribution in [3.63, 3.8) is 0 Å². The number of rotatable bonds is 2. The van der Waals surface area contributed by atoms with Crippen molar-refractivity contribution in [2.75, 3.05) is 6.54 Å². The summed E-state index contributed by atoms with van der Waals surface area (Å²) in [5.74, 6) is 3.16. The van der Waals surface area contributed by atoms with Crippen LogP contribution >= 0.6 is 0 Å². The Kier molecular flexibility index (Phi) is 1.33. The molecule has 6 atom stereocenters. The normalized spacial score (nSPS) is 57.1. The smallest absolute Gasteiger partial charge is 0.0457 e. The van der Waals surface area contributed by atoms with Crippen molar-refractivity contribution in [2.45, 2.75) is 19.3 Å². The lowest BCUT2D eigenvalue weighted by molar-refractivity contribution is -0.108. The van der Waals surface area contributed by atoms with Gasteiger partial charge in [-0.1, -0.05) is 17.7 Å². The van der Waals surface area contributed by atoms with Gasteiger partial charge < -0.3 is 11.1 Å². The van der Waals surface area contributed by atoms with E-state index in [-0.39, 0.29) is 10.8 Å². The Morgan fingerprint density at radius 3 is 3.06 bits per heavy atom. The highest BCUT2D eigenvalue weighted by Gasteiger charge is 2.94. The highest BCUT2D eigenvalue weighted by Crippen LogP contribution is 2.93. The first-order chi connectivity index (χ1) is 8.72. The van der Waals surface area contributed by atoms with Crippen molar-refractivity contribution in [3.05, 3.63) is 29.5 Å². The molecule has 5 aliphatic rings. The van der Waals surface area contributed by atoms with E-state index in [2.05, 4.69) is 18.4 Å². The molecule has 0 saturated heterocycles. The zero-order valence-corrected chi connectivity index (χ0v) is 10.5. The number of hydrogen-bond acceptors (Lipinski definition) is 2. The average Bonchev–Trinajstić information content (AvgIpc) is 2.64. The Balaban J connectivity index is 1.57. The molecule has 0 aromatic carbocycles. The number of nitrogens with two attached hydrogens (primary N) is 1. The van der Waals surface area contributed by atoms with Crippen molar-refractivity contribution in [3.8, 4) is 0 Å². The first-order valence-corrected chi connectivity index (χ1v) is 7.10. The summed E-state index contributed by atoms with van der Waals surface area (Å²) in [6.45, 7) is 4.49. The van der Waals surface area contributed by atoms with E-state index in [1.807, 2.05) is 0 Å². The molecule has 5 aliphatic carbocycles. The summed E-state index contributed by atoms with van der Waals surface area (Å²) >= 11 is 0. The summed E-state index contributed by atoms with van der Waals surface area (Å²) < 4.78 is 0. The van der Waals surface area contributed by atoms with Crippen LogP contribution in [0, 0.1) is 39.9 Å². The van der Waals surface area contributed by atoms with Crippen LogP contribution in [0.15, 0.2) is 29.5 Å². The van der Waals surface area contributed by atoms with Gasteiger partial charge in [-0.2, -0.15) is 0 Å². The maximum atomic E-state index is 8.37. The van der Waals surface area contributed by atoms with E-state index in [4.69, 9.17) is 11.1 Å². The van der Waals surface area contributed by atoms with Gasteiger partial charge in [0, 0.05) is 23.1 Å². The molecule has 0 heterocycles. The van der Waals surface area contributed by atoms with E-state index >= 15 is 0 Å². The largest absolute Gasteiger partial charge is 0.327 e. The van der Waals surface area contributed by atoms with E-state index in [1.165, 1.54) is 19.3 Å². The lowest BCUT2D eigenvalue weighted by Gasteiger charge is -2.60. The van der Waals surface area contributed by atoms with Crippen molar-refractivity contribution in [2.24, 2.45) is 40.2 Å². The topological polar surface area (TPSA) is 49.9 Å². The summed E-state index contributed by atoms with van der Waals surface area (Å²) in [5, 5.41) is 8.37. The second-order valence-electron chi connectivity index (χ2n) is 6.91. The van der Waals surface area contributed by atoms with Crippen LogP contribution in [-0.4, -0.2) is 12.3 Å². The van der Waals surface area contributed by atoms with Gasteiger partial charge in [0.05, 0.1) is 0 Å². The zero-order chi connectivity index (χ0) is 12.3. The third-order valence-electron chi connectivity index (χ3n) is 6.95. The van der Waals surface area contributed by atoms with E-state index in [0.717, 1.165) is 35.9 Å². The predicted molar refractivity (Wildman–Crippen MR) is 70.2 cm³/mol. The Morgan fingerprint density at radius 1 is 1.50 bits per heavy atom. The van der Waals surface area contributed by atoms with E-state index < -0.39 is 0 Å². The molecule has 0 aromatic heterocycles. The number of nitrogens with one attached hydrogen (secondary N) is 1. The highest BCUT2D eigenvalue weighted by molar-refractivity contribution is 6.17. The Labute approximate surface area is 107 Å². The molecule has 18 heavy (non-hydrogen) atoms. The zero-order valence-electron chi connectivity index (χ0n) is 10.5. The van der Waals surface area contributed by atoms with Crippen LogP contribution in [0.5, 0.6) is 0 Å². The predicted octanol–water partition coefficient (Wildman–Crippen LogP) is 2.28. The molecule has 6 unspecified atom stereocenters. The quantitative estimate of drug-likeness (QED) is 0.563. The minimum absolute atomic E-state index is 0.105. The molecule has 0 bridgehead atoms. The fraction of sp³-hybridized carbons (Fsp3) is 0.625. The average molecular weight is 238 g/mol. The monoisotopic (exact) mass is 238 g/mol. The molecule has 2 nitrogen and oxygen atoms in total. The summed E-state index contributed by atoms with van der Waals surface area (Å²) in [7, 11) is 0. The first kappa shape index (κ1) is 9.77. The molecule has 0 aromatic rings. The number of allylic oxidation sites excluding steroid dienone is 2. The molecule has 0 radical (unpaired) electrons. The van der Waals surface area contributed by atoms with Gasteiger partial charge in [0.2, 0.25) is 0 Å². The Bertz CT molecular complexity index is 594. The molecule has 4 fully saturated rings. The summed E-state index contributed by atoms with van der Waals surface area (Å²) in [6, 6.07) is 0. The van der Waals surface area contributed by atoms with Crippen LogP contribution < -0.4 is 5.73 Å². The number of hydrogen-bond donors (Lipinski definition) is 2. The van der Waals surface area contributed by atoms with E-state index in [0.29, 0.717) is 0 Å². The van der Waals surface area contributed by atoms with Gasteiger partial charge in [0.15, 0.2) is 0 Å². The number of fused-ring (bicyclic) bond motifs is 4. The summed E-state index contributed by atoms with van der Waals surface area (Å²) in [5.41, 5.74) is 13.5. The van der Waals surface area contributed by atoms with Crippen LogP contribution in [0.1, 0.15) is 19.3 Å². The molecule has 5 rings (SSSR count). The summed E-state index contributed by atoms with van der Waals surface area (Å²) in [6.07, 6.45) is 5.86. The van der Waals surface area contributed by atoms with E-state index in [1.54, 1.807) is 11.1 Å². The minimum Gasteiger partial charge on any atom is -0.327 e. The van der Waals surface area contributed by atoms with Crippen molar-refractivity contribution < 1.29 is 0 Å². The second kappa shape index (κ2) is 2.45. The highest BCUT2D eigenvalue weighted by atomic mass is 15.0. The van der Waals surface area contributed by atoms with E-state index in [9.17, 15) is 0 Å². The standard InChI is InChI=1S/C16H18N2/c1-2-3-15-6-11-13-10(16(11,15)14(15)18)5-8-4-9(7-17)12(8)13/h3,8,10-11,13,18H,1,4-7,17H2. The van der Waals surface area contributed by atoms with Crippen LogP contribution in [0.25, 0.3) is 0 Å². The van der Waals surface area contributed by atoms with Gasteiger partial charge >= 0.3 is 0 Å². The van der Waals surface area contributed by atoms with Gasteiger partial charge in [0.25, 0.3) is 0 Å². The fourth-order valence-electron chi connectivity index (χ4n) is 6.43. The molecule has 0 aliphatic heterocycles. The van der Waals surface area contributed by atoms with Crippen molar-refractivity contribution in [1.29, 1.82) is 5.41 Å². The minimum atomic E-state index is 0.105. The lowest BCUT2D eigenvalue weighted by Crippen LogP contribution is -2.57. The maximum Gasteiger partial charge on any atom is 0.0457 e.